The maximum absolute atomic E-state index is 3.57. The van der Waals surface area contributed by atoms with Crippen molar-refractivity contribution in [3.8, 4) is 0 Å². The zero-order chi connectivity index (χ0) is 9.42. The fourth-order valence-corrected chi connectivity index (χ4v) is 2.43. The summed E-state index contributed by atoms with van der Waals surface area (Å²) in [6, 6.07) is 1.34. The van der Waals surface area contributed by atoms with Crippen molar-refractivity contribution in [2.75, 3.05) is 47.6 Å². The molecule has 0 amide bonds. The highest BCUT2D eigenvalue weighted by molar-refractivity contribution is 4.93. The van der Waals surface area contributed by atoms with Gasteiger partial charge in [-0.25, -0.2) is 0 Å². The van der Waals surface area contributed by atoms with E-state index in [1.807, 2.05) is 0 Å². The highest BCUT2D eigenvalue weighted by atomic mass is 15.4. The van der Waals surface area contributed by atoms with E-state index in [9.17, 15) is 0 Å². The Morgan fingerprint density at radius 2 is 1.85 bits per heavy atom. The molecule has 2 aliphatic heterocycles. The third-order valence-corrected chi connectivity index (χ3v) is 3.13. The largest absolute Gasteiger partial charge is 0.299 e. The average Bonchev–Trinajstić information content (AvgIpc) is 2.06. The van der Waals surface area contributed by atoms with Gasteiger partial charge in [-0.15, -0.1) is 0 Å². The van der Waals surface area contributed by atoms with E-state index in [1.165, 1.54) is 13.1 Å². The Balaban J connectivity index is 2.02. The first kappa shape index (κ1) is 9.40. The molecule has 0 bridgehead atoms. The molecule has 0 aromatic rings. The number of nitrogens with one attached hydrogen (secondary N) is 1. The van der Waals surface area contributed by atoms with Crippen LogP contribution in [0.5, 0.6) is 0 Å². The molecule has 0 aromatic heterocycles. The van der Waals surface area contributed by atoms with Crippen molar-refractivity contribution < 1.29 is 0 Å². The number of hydrogen-bond acceptors (Lipinski definition) is 4. The number of fused-ring (bicyclic) bond motifs is 1. The van der Waals surface area contributed by atoms with Crippen molar-refractivity contribution in [3.63, 3.8) is 0 Å². The smallest absolute Gasteiger partial charge is 0.0505 e. The number of likely N-dealkylation sites (N-methyl/N-ethyl adjacent to an activating group) is 3. The lowest BCUT2D eigenvalue weighted by Gasteiger charge is -2.48. The lowest BCUT2D eigenvalue weighted by atomic mass is 10.0. The number of rotatable bonds is 0. The Morgan fingerprint density at radius 3 is 2.62 bits per heavy atom. The molecule has 4 nitrogen and oxygen atoms in total. The van der Waals surface area contributed by atoms with Gasteiger partial charge in [0.05, 0.1) is 6.67 Å². The minimum atomic E-state index is 0.653. The van der Waals surface area contributed by atoms with Crippen LogP contribution in [-0.4, -0.2) is 74.4 Å². The van der Waals surface area contributed by atoms with Gasteiger partial charge in [-0.2, -0.15) is 0 Å². The van der Waals surface area contributed by atoms with E-state index in [-0.39, 0.29) is 0 Å². The van der Waals surface area contributed by atoms with Gasteiger partial charge >= 0.3 is 0 Å². The normalized spacial score (nSPS) is 39.0. The second-order valence-corrected chi connectivity index (χ2v) is 4.51. The van der Waals surface area contributed by atoms with Crippen molar-refractivity contribution >= 4 is 0 Å². The summed E-state index contributed by atoms with van der Waals surface area (Å²) in [6.45, 7) is 4.50. The molecule has 0 saturated carbocycles. The van der Waals surface area contributed by atoms with Gasteiger partial charge in [0, 0.05) is 31.8 Å². The zero-order valence-corrected chi connectivity index (χ0v) is 8.82. The molecule has 76 valence electrons. The average molecular weight is 184 g/mol. The molecule has 0 spiro atoms. The third-order valence-electron chi connectivity index (χ3n) is 3.13. The second kappa shape index (κ2) is 3.53. The van der Waals surface area contributed by atoms with E-state index >= 15 is 0 Å². The van der Waals surface area contributed by atoms with Gasteiger partial charge in [0.15, 0.2) is 0 Å². The van der Waals surface area contributed by atoms with Crippen LogP contribution in [0.2, 0.25) is 0 Å². The molecular formula is C9H20N4. The van der Waals surface area contributed by atoms with E-state index in [0.717, 1.165) is 13.3 Å². The number of hydrogen-bond donors (Lipinski definition) is 1. The van der Waals surface area contributed by atoms with Crippen molar-refractivity contribution in [2.45, 2.75) is 12.1 Å². The van der Waals surface area contributed by atoms with Crippen LogP contribution in [0.25, 0.3) is 0 Å². The van der Waals surface area contributed by atoms with E-state index in [2.05, 4.69) is 41.2 Å². The molecule has 13 heavy (non-hydrogen) atoms. The van der Waals surface area contributed by atoms with Gasteiger partial charge < -0.3 is 0 Å². The van der Waals surface area contributed by atoms with Gasteiger partial charge in [-0.05, 0) is 21.1 Å². The Bertz CT molecular complexity index is 184. The maximum Gasteiger partial charge on any atom is 0.0505 e. The molecule has 4 heteroatoms. The molecule has 2 atom stereocenters. The van der Waals surface area contributed by atoms with Crippen LogP contribution in [0.15, 0.2) is 0 Å². The van der Waals surface area contributed by atoms with Gasteiger partial charge in [-0.3, -0.25) is 20.0 Å². The third kappa shape index (κ3) is 1.86. The summed E-state index contributed by atoms with van der Waals surface area (Å²) in [5, 5.41) is 3.57. The molecule has 1 N–H and O–H groups in total. The molecule has 2 heterocycles. The summed E-state index contributed by atoms with van der Waals surface area (Å²) in [4.78, 5) is 7.17. The Hall–Kier alpha value is -0.160. The van der Waals surface area contributed by atoms with Crippen LogP contribution in [0, 0.1) is 0 Å². The molecule has 2 fully saturated rings. The van der Waals surface area contributed by atoms with E-state index in [1.54, 1.807) is 0 Å². The van der Waals surface area contributed by atoms with Crippen LogP contribution >= 0.6 is 0 Å². The predicted molar refractivity (Wildman–Crippen MR) is 53.5 cm³/mol. The minimum absolute atomic E-state index is 0.653. The zero-order valence-electron chi connectivity index (χ0n) is 8.82. The van der Waals surface area contributed by atoms with Crippen LogP contribution in [0.4, 0.5) is 0 Å². The first-order chi connectivity index (χ1) is 6.16. The van der Waals surface area contributed by atoms with Crippen molar-refractivity contribution in [1.29, 1.82) is 0 Å². The second-order valence-electron chi connectivity index (χ2n) is 4.51. The summed E-state index contributed by atoms with van der Waals surface area (Å²) >= 11 is 0. The standard InChI is InChI=1S/C9H20N4/c1-11-5-9-8(10-6-11)4-12(2)7-13(9)3/h8-10H,4-7H2,1-3H3/t8-,9-/m1/s1. The van der Waals surface area contributed by atoms with Gasteiger partial charge in [0.25, 0.3) is 0 Å². The summed E-state index contributed by atoms with van der Waals surface area (Å²) in [6.07, 6.45) is 0. The van der Waals surface area contributed by atoms with Crippen molar-refractivity contribution in [1.82, 2.24) is 20.0 Å². The lowest BCUT2D eigenvalue weighted by Crippen LogP contribution is -2.68. The maximum atomic E-state index is 3.57. The van der Waals surface area contributed by atoms with Crippen LogP contribution in [0.1, 0.15) is 0 Å². The Morgan fingerprint density at radius 1 is 1.08 bits per heavy atom. The summed E-state index contributed by atoms with van der Waals surface area (Å²) < 4.78 is 0. The predicted octanol–water partition coefficient (Wildman–Crippen LogP) is -0.949. The van der Waals surface area contributed by atoms with Crippen LogP contribution in [0.3, 0.4) is 0 Å². The first-order valence-electron chi connectivity index (χ1n) is 4.97. The molecule has 0 unspecified atom stereocenters. The fourth-order valence-electron chi connectivity index (χ4n) is 2.43. The summed E-state index contributed by atoms with van der Waals surface area (Å²) in [5.41, 5.74) is 0. The molecule has 2 saturated heterocycles. The Kier molecular flexibility index (Phi) is 2.55. The lowest BCUT2D eigenvalue weighted by molar-refractivity contribution is 0.00387. The minimum Gasteiger partial charge on any atom is -0.299 e. The topological polar surface area (TPSA) is 21.8 Å². The van der Waals surface area contributed by atoms with E-state index in [4.69, 9.17) is 0 Å². The number of nitrogens with zero attached hydrogens (tertiary/aromatic N) is 3. The molecule has 0 radical (unpaired) electrons. The van der Waals surface area contributed by atoms with Crippen molar-refractivity contribution in [3.05, 3.63) is 0 Å². The first-order valence-corrected chi connectivity index (χ1v) is 4.97. The van der Waals surface area contributed by atoms with Crippen LogP contribution in [-0.2, 0) is 0 Å². The van der Waals surface area contributed by atoms with Gasteiger partial charge in [0.1, 0.15) is 0 Å². The molecule has 2 aliphatic rings. The molecule has 0 aliphatic carbocycles. The highest BCUT2D eigenvalue weighted by Crippen LogP contribution is 2.15. The summed E-state index contributed by atoms with van der Waals surface area (Å²) in [7, 11) is 6.58. The highest BCUT2D eigenvalue weighted by Gasteiger charge is 2.34. The van der Waals surface area contributed by atoms with Crippen LogP contribution < -0.4 is 5.32 Å². The van der Waals surface area contributed by atoms with Gasteiger partial charge in [-0.1, -0.05) is 0 Å². The fraction of sp³-hybridized carbons (Fsp3) is 1.00. The van der Waals surface area contributed by atoms with Gasteiger partial charge in [0.2, 0.25) is 0 Å². The molecule has 0 aromatic carbocycles. The quantitative estimate of drug-likeness (QED) is 0.524. The van der Waals surface area contributed by atoms with E-state index < -0.39 is 0 Å². The van der Waals surface area contributed by atoms with E-state index in [0.29, 0.717) is 12.1 Å². The summed E-state index contributed by atoms with van der Waals surface area (Å²) in [5.74, 6) is 0. The SMILES string of the molecule is CN1CN[C@@H]2CN(C)CN(C)[C@@H]2C1. The molecular weight excluding hydrogens is 164 g/mol. The monoisotopic (exact) mass is 184 g/mol. The van der Waals surface area contributed by atoms with Crippen molar-refractivity contribution in [2.24, 2.45) is 0 Å². The molecule has 2 rings (SSSR count). The Labute approximate surface area is 80.5 Å².